The molecule has 0 bridgehead atoms. The molecular weight excluding hydrogens is 460 g/mol. The predicted octanol–water partition coefficient (Wildman–Crippen LogP) is 3.97. The second-order valence-electron chi connectivity index (χ2n) is 3.65. The third-order valence-corrected chi connectivity index (χ3v) is 2.34. The molecule has 1 nitrogen and oxygen atoms in total. The molecule has 0 saturated heterocycles. The van der Waals surface area contributed by atoms with Crippen LogP contribution in [0.25, 0.3) is 0 Å². The molecule has 0 aliphatic carbocycles. The minimum Gasteiger partial charge on any atom is -0.309 e. The first-order valence-corrected chi connectivity index (χ1v) is 15.2. The fourth-order valence-electron chi connectivity index (χ4n) is 1.54. The van der Waals surface area contributed by atoms with E-state index >= 15 is 0 Å². The number of halogens is 2. The number of hydrogen-bond donors (Lipinski definition) is 1. The van der Waals surface area contributed by atoms with Crippen LogP contribution < -0.4 is 5.32 Å². The molecular formula is C14H15Cl2NPb. The van der Waals surface area contributed by atoms with Gasteiger partial charge in [0.15, 0.2) is 0 Å². The van der Waals surface area contributed by atoms with Crippen LogP contribution in [-0.2, 0) is 13.1 Å². The largest absolute Gasteiger partial charge is 0.309 e. The van der Waals surface area contributed by atoms with E-state index in [1.807, 2.05) is 12.1 Å². The second-order valence-corrected chi connectivity index (χ2v) is 9.22. The first-order chi connectivity index (χ1) is 8.86. The summed E-state index contributed by atoms with van der Waals surface area (Å²) in [7, 11) is 9.92. The van der Waals surface area contributed by atoms with Gasteiger partial charge in [-0.25, -0.2) is 0 Å². The minimum absolute atomic E-state index is 0.926. The molecule has 94 valence electrons. The summed E-state index contributed by atoms with van der Waals surface area (Å²) in [4.78, 5) is 0. The van der Waals surface area contributed by atoms with Crippen molar-refractivity contribution in [1.82, 2.24) is 5.32 Å². The van der Waals surface area contributed by atoms with Crippen molar-refractivity contribution in [2.45, 2.75) is 13.1 Å². The van der Waals surface area contributed by atoms with Crippen molar-refractivity contribution in [3.63, 3.8) is 0 Å². The summed E-state index contributed by atoms with van der Waals surface area (Å²) >= 11 is -0.972. The van der Waals surface area contributed by atoms with E-state index in [1.54, 1.807) is 0 Å². The van der Waals surface area contributed by atoms with Gasteiger partial charge in [-0.3, -0.25) is 0 Å². The van der Waals surface area contributed by atoms with Gasteiger partial charge in [-0.05, 0) is 11.1 Å². The summed E-state index contributed by atoms with van der Waals surface area (Å²) in [6, 6.07) is 20.9. The van der Waals surface area contributed by atoms with Crippen molar-refractivity contribution in [2.24, 2.45) is 0 Å². The molecule has 2 aromatic rings. The molecule has 0 spiro atoms. The summed E-state index contributed by atoms with van der Waals surface area (Å²) in [5, 5.41) is 3.42. The van der Waals surface area contributed by atoms with Crippen molar-refractivity contribution in [2.75, 3.05) is 0 Å². The molecule has 2 radical (unpaired) electrons. The molecule has 0 unspecified atom stereocenters. The summed E-state index contributed by atoms with van der Waals surface area (Å²) in [5.41, 5.74) is 2.65. The van der Waals surface area contributed by atoms with Gasteiger partial charge in [0.1, 0.15) is 0 Å². The Labute approximate surface area is 128 Å². The number of hydrogen-bond acceptors (Lipinski definition) is 1. The van der Waals surface area contributed by atoms with Crippen LogP contribution in [0, 0.1) is 0 Å². The molecule has 0 atom stereocenters. The van der Waals surface area contributed by atoms with Gasteiger partial charge in [0.05, 0.1) is 0 Å². The third kappa shape index (κ3) is 7.36. The van der Waals surface area contributed by atoms with Gasteiger partial charge >= 0.3 is 38.4 Å². The van der Waals surface area contributed by atoms with Crippen LogP contribution in [0.1, 0.15) is 11.1 Å². The van der Waals surface area contributed by atoms with Crippen LogP contribution in [0.3, 0.4) is 0 Å². The van der Waals surface area contributed by atoms with Gasteiger partial charge in [0, 0.05) is 13.1 Å². The van der Waals surface area contributed by atoms with Crippen molar-refractivity contribution in [1.29, 1.82) is 0 Å². The van der Waals surface area contributed by atoms with Crippen LogP contribution >= 0.6 is 16.6 Å². The molecule has 2 rings (SSSR count). The Bertz CT molecular complexity index is 369. The van der Waals surface area contributed by atoms with Gasteiger partial charge in [-0.1, -0.05) is 60.7 Å². The Hall–Kier alpha value is -0.0979. The molecule has 1 N–H and O–H groups in total. The third-order valence-electron chi connectivity index (χ3n) is 2.34. The fraction of sp³-hybridized carbons (Fsp3) is 0.143. The molecule has 2 aromatic carbocycles. The maximum absolute atomic E-state index is 4.96. The van der Waals surface area contributed by atoms with Crippen LogP contribution in [0.15, 0.2) is 60.7 Å². The first-order valence-electron chi connectivity index (χ1n) is 5.61. The average Bonchev–Trinajstić information content (AvgIpc) is 2.42. The fourth-order valence-corrected chi connectivity index (χ4v) is 1.54. The molecule has 0 heterocycles. The normalized spacial score (nSPS) is 9.44. The Balaban J connectivity index is 0.000000492. The van der Waals surface area contributed by atoms with Gasteiger partial charge in [0.25, 0.3) is 0 Å². The standard InChI is InChI=1S/C14H15N.2ClH.Pb/c1-3-7-13(8-4-1)11-15-12-14-9-5-2-6-10-14;;;/h1-10,15H,11-12H2;2*1H;/q;;;+2/p-2. The maximum atomic E-state index is 4.96. The molecule has 0 aliphatic heterocycles. The quantitative estimate of drug-likeness (QED) is 0.661. The zero-order valence-electron chi connectivity index (χ0n) is 9.94. The SMILES string of the molecule is [Cl][Pb][Cl].c1ccc(CNCc2ccccc2)cc1. The van der Waals surface area contributed by atoms with E-state index in [0.29, 0.717) is 0 Å². The number of benzene rings is 2. The van der Waals surface area contributed by atoms with Gasteiger partial charge < -0.3 is 5.32 Å². The Morgan fingerprint density at radius 1 is 0.722 bits per heavy atom. The van der Waals surface area contributed by atoms with Crippen molar-refractivity contribution in [3.05, 3.63) is 71.8 Å². The van der Waals surface area contributed by atoms with Gasteiger partial charge in [0.2, 0.25) is 0 Å². The van der Waals surface area contributed by atoms with Crippen LogP contribution in [0.4, 0.5) is 0 Å². The van der Waals surface area contributed by atoms with Crippen molar-refractivity contribution >= 4 is 38.4 Å². The topological polar surface area (TPSA) is 12.0 Å². The Morgan fingerprint density at radius 3 is 1.39 bits per heavy atom. The predicted molar refractivity (Wildman–Crippen MR) is 80.9 cm³/mol. The van der Waals surface area contributed by atoms with E-state index in [0.717, 1.165) is 13.1 Å². The van der Waals surface area contributed by atoms with E-state index in [2.05, 4.69) is 53.8 Å². The number of nitrogens with one attached hydrogen (secondary N) is 1. The smallest absolute Gasteiger partial charge is 0.0208 e. The summed E-state index contributed by atoms with van der Waals surface area (Å²) < 4.78 is 0. The van der Waals surface area contributed by atoms with E-state index < -0.39 is 21.8 Å². The van der Waals surface area contributed by atoms with Gasteiger partial charge in [-0.15, -0.1) is 0 Å². The molecule has 4 heteroatoms. The molecule has 0 aliphatic rings. The second kappa shape index (κ2) is 10.8. The van der Waals surface area contributed by atoms with E-state index in [9.17, 15) is 0 Å². The molecule has 0 amide bonds. The van der Waals surface area contributed by atoms with Gasteiger partial charge in [-0.2, -0.15) is 0 Å². The van der Waals surface area contributed by atoms with Crippen LogP contribution in [-0.4, -0.2) is 21.8 Å². The van der Waals surface area contributed by atoms with Crippen molar-refractivity contribution in [3.8, 4) is 0 Å². The average molecular weight is 475 g/mol. The summed E-state index contributed by atoms with van der Waals surface area (Å²) in [5.74, 6) is 0. The zero-order chi connectivity index (χ0) is 13.1. The minimum atomic E-state index is -0.972. The number of rotatable bonds is 4. The monoisotopic (exact) mass is 475 g/mol. The van der Waals surface area contributed by atoms with E-state index in [1.165, 1.54) is 11.1 Å². The molecule has 0 aromatic heterocycles. The summed E-state index contributed by atoms with van der Waals surface area (Å²) in [6.07, 6.45) is 0. The summed E-state index contributed by atoms with van der Waals surface area (Å²) in [6.45, 7) is 1.85. The van der Waals surface area contributed by atoms with E-state index in [-0.39, 0.29) is 0 Å². The molecule has 0 fully saturated rings. The molecule has 18 heavy (non-hydrogen) atoms. The Morgan fingerprint density at radius 2 is 1.06 bits per heavy atom. The molecule has 0 saturated carbocycles. The maximum Gasteiger partial charge on any atom is 0.0208 e. The van der Waals surface area contributed by atoms with Crippen LogP contribution in [0.2, 0.25) is 0 Å². The zero-order valence-corrected chi connectivity index (χ0v) is 15.3. The first kappa shape index (κ1) is 16.0. The van der Waals surface area contributed by atoms with E-state index in [4.69, 9.17) is 16.6 Å². The Kier molecular flexibility index (Phi) is 9.57. The van der Waals surface area contributed by atoms with Crippen LogP contribution in [0.5, 0.6) is 0 Å². The van der Waals surface area contributed by atoms with Crippen molar-refractivity contribution < 1.29 is 0 Å².